The van der Waals surface area contributed by atoms with Crippen molar-refractivity contribution < 1.29 is 9.84 Å². The predicted octanol–water partition coefficient (Wildman–Crippen LogP) is 3.13. The van der Waals surface area contributed by atoms with Crippen molar-refractivity contribution in [1.29, 1.82) is 0 Å². The maximum absolute atomic E-state index is 12.5. The second-order valence-electron chi connectivity index (χ2n) is 6.33. The molecule has 138 valence electrons. The summed E-state index contributed by atoms with van der Waals surface area (Å²) >= 11 is 1.57. The normalized spacial score (nSPS) is 12.3. The van der Waals surface area contributed by atoms with Crippen molar-refractivity contribution >= 4 is 11.8 Å². The number of hydrogen-bond donors (Lipinski definition) is 1. The molecule has 0 fully saturated rings. The van der Waals surface area contributed by atoms with Gasteiger partial charge in [-0.05, 0) is 41.8 Å². The van der Waals surface area contributed by atoms with E-state index in [1.54, 1.807) is 16.3 Å². The molecule has 0 radical (unpaired) electrons. The van der Waals surface area contributed by atoms with Gasteiger partial charge >= 0.3 is 5.69 Å². The van der Waals surface area contributed by atoms with E-state index in [4.69, 9.17) is 9.84 Å². The molecule has 2 aromatic carbocycles. The monoisotopic (exact) mass is 380 g/mol. The van der Waals surface area contributed by atoms with Gasteiger partial charge in [-0.2, -0.15) is 4.98 Å². The lowest BCUT2D eigenvalue weighted by Crippen LogP contribution is -2.28. The van der Waals surface area contributed by atoms with Crippen LogP contribution < -0.4 is 10.4 Å². The Labute approximate surface area is 161 Å². The van der Waals surface area contributed by atoms with E-state index in [-0.39, 0.29) is 18.9 Å². The van der Waals surface area contributed by atoms with Gasteiger partial charge in [0.25, 0.3) is 0 Å². The van der Waals surface area contributed by atoms with Crippen LogP contribution in [0.25, 0.3) is 11.3 Å². The van der Waals surface area contributed by atoms with Crippen LogP contribution in [0.1, 0.15) is 11.1 Å². The molecule has 0 saturated heterocycles. The van der Waals surface area contributed by atoms with E-state index in [0.717, 1.165) is 39.8 Å². The summed E-state index contributed by atoms with van der Waals surface area (Å²) in [6, 6.07) is 18.0. The Morgan fingerprint density at radius 2 is 2.00 bits per heavy atom. The Bertz CT molecular complexity index is 1000. The molecule has 2 heterocycles. The molecule has 1 aromatic heterocycles. The molecule has 4 rings (SSSR count). The van der Waals surface area contributed by atoms with E-state index in [1.165, 1.54) is 5.56 Å². The fourth-order valence-corrected chi connectivity index (χ4v) is 4.09. The summed E-state index contributed by atoms with van der Waals surface area (Å²) in [5.74, 6) is 1.52. The first-order valence-corrected chi connectivity index (χ1v) is 9.89. The van der Waals surface area contributed by atoms with Gasteiger partial charge in [0.2, 0.25) is 0 Å². The summed E-state index contributed by atoms with van der Waals surface area (Å²) in [5, 5.41) is 9.66. The van der Waals surface area contributed by atoms with Crippen LogP contribution in [0, 0.1) is 0 Å². The number of aliphatic hydroxyl groups is 1. The Hall–Kier alpha value is -2.57. The zero-order valence-electron chi connectivity index (χ0n) is 14.8. The van der Waals surface area contributed by atoms with Crippen molar-refractivity contribution in [3.05, 3.63) is 76.2 Å². The van der Waals surface area contributed by atoms with Gasteiger partial charge in [0.1, 0.15) is 17.4 Å². The zero-order chi connectivity index (χ0) is 18.6. The lowest BCUT2D eigenvalue weighted by atomic mass is 9.97. The lowest BCUT2D eigenvalue weighted by molar-refractivity contribution is 0.201. The van der Waals surface area contributed by atoms with Crippen LogP contribution in [0.2, 0.25) is 0 Å². The van der Waals surface area contributed by atoms with Crippen LogP contribution in [0.3, 0.4) is 0 Å². The second kappa shape index (κ2) is 7.98. The lowest BCUT2D eigenvalue weighted by Gasteiger charge is -2.22. The molecule has 0 bridgehead atoms. The molecular formula is C21H20N2O3S. The molecule has 1 N–H and O–H groups in total. The number of aromatic nitrogens is 2. The van der Waals surface area contributed by atoms with Gasteiger partial charge in [0, 0.05) is 17.9 Å². The van der Waals surface area contributed by atoms with E-state index in [1.807, 2.05) is 42.5 Å². The number of rotatable bonds is 6. The molecule has 0 aliphatic carbocycles. The maximum Gasteiger partial charge on any atom is 0.349 e. The Kier molecular flexibility index (Phi) is 5.27. The summed E-state index contributed by atoms with van der Waals surface area (Å²) in [6.07, 6.45) is 0.761. The van der Waals surface area contributed by atoms with Gasteiger partial charge in [0.05, 0.1) is 12.3 Å². The number of hydrogen-bond acceptors (Lipinski definition) is 5. The first-order chi connectivity index (χ1) is 13.2. The van der Waals surface area contributed by atoms with E-state index in [2.05, 4.69) is 17.1 Å². The van der Waals surface area contributed by atoms with E-state index < -0.39 is 0 Å². The van der Waals surface area contributed by atoms with Crippen molar-refractivity contribution in [1.82, 2.24) is 9.55 Å². The third-order valence-corrected chi connectivity index (χ3v) is 5.52. The summed E-state index contributed by atoms with van der Waals surface area (Å²) < 4.78 is 7.25. The predicted molar refractivity (Wildman–Crippen MR) is 106 cm³/mol. The van der Waals surface area contributed by atoms with Crippen LogP contribution in [-0.4, -0.2) is 27.9 Å². The van der Waals surface area contributed by atoms with Crippen molar-refractivity contribution in [2.24, 2.45) is 0 Å². The molecule has 0 unspecified atom stereocenters. The number of aryl methyl sites for hydroxylation is 1. The highest BCUT2D eigenvalue weighted by Crippen LogP contribution is 2.33. The molecule has 27 heavy (non-hydrogen) atoms. The minimum Gasteiger partial charge on any atom is -0.491 e. The third kappa shape index (κ3) is 3.91. The Balaban J connectivity index is 1.63. The minimum absolute atomic E-state index is 0.0109. The quantitative estimate of drug-likeness (QED) is 0.526. The molecule has 5 nitrogen and oxygen atoms in total. The average Bonchev–Trinajstić information content (AvgIpc) is 2.71. The van der Waals surface area contributed by atoms with E-state index in [0.29, 0.717) is 6.54 Å². The Morgan fingerprint density at radius 3 is 2.81 bits per heavy atom. The highest BCUT2D eigenvalue weighted by molar-refractivity contribution is 7.98. The van der Waals surface area contributed by atoms with E-state index >= 15 is 0 Å². The van der Waals surface area contributed by atoms with Crippen LogP contribution in [0.4, 0.5) is 0 Å². The van der Waals surface area contributed by atoms with Crippen molar-refractivity contribution in [2.75, 3.05) is 13.2 Å². The van der Waals surface area contributed by atoms with Gasteiger partial charge in [0.15, 0.2) is 0 Å². The number of fused-ring (bicyclic) bond motifs is 3. The number of ether oxygens (including phenoxy) is 1. The van der Waals surface area contributed by atoms with Gasteiger partial charge < -0.3 is 9.84 Å². The molecule has 0 spiro atoms. The van der Waals surface area contributed by atoms with Gasteiger partial charge in [-0.3, -0.25) is 4.57 Å². The molecule has 0 saturated carbocycles. The highest BCUT2D eigenvalue weighted by atomic mass is 32.2. The molecule has 1 aliphatic heterocycles. The summed E-state index contributed by atoms with van der Waals surface area (Å²) in [4.78, 5) is 16.8. The number of thioether (sulfide) groups is 1. The van der Waals surface area contributed by atoms with Crippen LogP contribution in [0.5, 0.6) is 5.75 Å². The maximum atomic E-state index is 12.5. The first kappa shape index (κ1) is 17.8. The standard InChI is InChI=1S/C21H20N2O3S/c24-10-11-26-17-6-7-18-16(12-17)8-9-23-19(18)13-20(22-21(23)25)27-14-15-4-2-1-3-5-15/h1-7,12-13,24H,8-11,14H2. The SMILES string of the molecule is O=c1nc(SCc2ccccc2)cc2n1CCc1cc(OCCO)ccc1-2. The minimum atomic E-state index is -0.200. The zero-order valence-corrected chi connectivity index (χ0v) is 15.6. The molecule has 6 heteroatoms. The van der Waals surface area contributed by atoms with Gasteiger partial charge in [-0.1, -0.05) is 30.3 Å². The second-order valence-corrected chi connectivity index (χ2v) is 7.32. The Morgan fingerprint density at radius 1 is 1.15 bits per heavy atom. The van der Waals surface area contributed by atoms with Crippen LogP contribution >= 0.6 is 11.8 Å². The number of nitrogens with zero attached hydrogens (tertiary/aromatic N) is 2. The summed E-state index contributed by atoms with van der Waals surface area (Å²) in [7, 11) is 0. The highest BCUT2D eigenvalue weighted by Gasteiger charge is 2.19. The summed E-state index contributed by atoms with van der Waals surface area (Å²) in [6.45, 7) is 0.878. The van der Waals surface area contributed by atoms with Crippen molar-refractivity contribution in [3.63, 3.8) is 0 Å². The smallest absolute Gasteiger partial charge is 0.349 e. The largest absolute Gasteiger partial charge is 0.491 e. The third-order valence-electron chi connectivity index (χ3n) is 4.53. The van der Waals surface area contributed by atoms with Crippen LogP contribution in [-0.2, 0) is 18.7 Å². The molecule has 0 atom stereocenters. The van der Waals surface area contributed by atoms with Crippen molar-refractivity contribution in [3.8, 4) is 17.0 Å². The number of benzene rings is 2. The average molecular weight is 380 g/mol. The molecule has 1 aliphatic rings. The van der Waals surface area contributed by atoms with Gasteiger partial charge in [-0.15, -0.1) is 11.8 Å². The first-order valence-electron chi connectivity index (χ1n) is 8.90. The van der Waals surface area contributed by atoms with E-state index in [9.17, 15) is 4.79 Å². The number of aliphatic hydroxyl groups excluding tert-OH is 1. The van der Waals surface area contributed by atoms with Crippen LogP contribution in [0.15, 0.2) is 64.4 Å². The topological polar surface area (TPSA) is 64.4 Å². The summed E-state index contributed by atoms with van der Waals surface area (Å²) in [5.41, 5.74) is 4.09. The molecule has 3 aromatic rings. The van der Waals surface area contributed by atoms with Crippen molar-refractivity contribution in [2.45, 2.75) is 23.7 Å². The fraction of sp³-hybridized carbons (Fsp3) is 0.238. The molecule has 0 amide bonds. The van der Waals surface area contributed by atoms with Gasteiger partial charge in [-0.25, -0.2) is 4.79 Å². The molecular weight excluding hydrogens is 360 g/mol. The fourth-order valence-electron chi connectivity index (χ4n) is 3.24.